The van der Waals surface area contributed by atoms with Crippen molar-refractivity contribution >= 4 is 17.3 Å². The Morgan fingerprint density at radius 1 is 0.796 bits per heavy atom. The van der Waals surface area contributed by atoms with Crippen LogP contribution in [-0.4, -0.2) is 81.2 Å². The molecule has 54 heavy (non-hydrogen) atoms. The van der Waals surface area contributed by atoms with Crippen molar-refractivity contribution in [3.8, 4) is 36.2 Å². The lowest BCUT2D eigenvalue weighted by Crippen LogP contribution is -2.48. The maximum absolute atomic E-state index is 14.6. The van der Waals surface area contributed by atoms with E-state index in [1.165, 1.54) is 0 Å². The number of nitrogens with one attached hydrogen (secondary N) is 4. The number of hydrogen-bond donors (Lipinski definition) is 4. The molecule has 0 radical (unpaired) electrons. The van der Waals surface area contributed by atoms with Gasteiger partial charge in [0.05, 0.1) is 31.0 Å². The van der Waals surface area contributed by atoms with Gasteiger partial charge in [0.1, 0.15) is 17.0 Å². The fraction of sp³-hybridized carbons (Fsp3) is 0.357. The smallest absolute Gasteiger partial charge is 0.255 e. The number of benzene rings is 3. The van der Waals surface area contributed by atoms with Gasteiger partial charge in [0.25, 0.3) is 5.91 Å². The number of nitrogens with zero attached hydrogens (tertiary/aromatic N) is 6. The third-order valence-corrected chi connectivity index (χ3v) is 9.96. The molecule has 2 aliphatic rings. The summed E-state index contributed by atoms with van der Waals surface area (Å²) in [5.41, 5.74) is 20.8. The van der Waals surface area contributed by atoms with E-state index in [0.717, 1.165) is 54.2 Å². The predicted octanol–water partition coefficient (Wildman–Crippen LogP) is 6.72. The van der Waals surface area contributed by atoms with E-state index in [9.17, 15) is 4.79 Å². The molecule has 12 nitrogen and oxygen atoms in total. The minimum Gasteiger partial charge on any atom is -0.456 e. The predicted molar refractivity (Wildman–Crippen MR) is 214 cm³/mol. The van der Waals surface area contributed by atoms with Crippen molar-refractivity contribution in [3.63, 3.8) is 0 Å². The van der Waals surface area contributed by atoms with Crippen LogP contribution < -0.4 is 25.2 Å². The first-order valence-electron chi connectivity index (χ1n) is 18.4. The summed E-state index contributed by atoms with van der Waals surface area (Å²) < 4.78 is 6.80. The molecule has 3 aromatic carbocycles. The van der Waals surface area contributed by atoms with Crippen LogP contribution in [0.4, 0.5) is 11.4 Å². The highest BCUT2D eigenvalue weighted by atomic mass is 16.5. The normalized spacial score (nSPS) is 14.0. The van der Waals surface area contributed by atoms with E-state index >= 15 is 0 Å². The van der Waals surface area contributed by atoms with Gasteiger partial charge in [0.2, 0.25) is 0 Å². The average Bonchev–Trinajstić information content (AvgIpc) is 3.43. The molecule has 12 heteroatoms. The molecule has 3 aromatic rings. The Bertz CT molecular complexity index is 1910. The summed E-state index contributed by atoms with van der Waals surface area (Å²) in [7, 11) is 0. The summed E-state index contributed by atoms with van der Waals surface area (Å²) >= 11 is 0. The van der Waals surface area contributed by atoms with E-state index < -0.39 is 5.54 Å². The number of carbonyl (C=O) groups is 1. The lowest BCUT2D eigenvalue weighted by atomic mass is 9.74. The quantitative estimate of drug-likeness (QED) is 0.0612. The highest BCUT2D eigenvalue weighted by molar-refractivity contribution is 6.02. The Morgan fingerprint density at radius 3 is 1.81 bits per heavy atom. The van der Waals surface area contributed by atoms with Gasteiger partial charge in [0.15, 0.2) is 0 Å². The first-order chi connectivity index (χ1) is 26.3. The molecule has 1 amide bonds. The van der Waals surface area contributed by atoms with Crippen molar-refractivity contribution in [2.45, 2.75) is 33.2 Å². The minimum atomic E-state index is -1.04. The summed E-state index contributed by atoms with van der Waals surface area (Å²) in [5.74, 6) is 6.36. The number of rotatable bonds is 19. The zero-order valence-corrected chi connectivity index (χ0v) is 31.7. The Hall–Kier alpha value is -6.11. The van der Waals surface area contributed by atoms with Crippen LogP contribution in [0, 0.1) is 35.7 Å². The highest BCUT2D eigenvalue weighted by Crippen LogP contribution is 2.58. The van der Waals surface area contributed by atoms with Gasteiger partial charge >= 0.3 is 0 Å². The SMILES string of the molecule is C#CCN(CC#C)C/C(=C/NCCN/C=C(/CN1C(=O)c2ccccc2C12c1ccc(N(CC)CC)cc1Oc1cc(N(CC)CC)ccc12)N=N)N=N. The van der Waals surface area contributed by atoms with Crippen LogP contribution in [0.5, 0.6) is 11.5 Å². The van der Waals surface area contributed by atoms with E-state index in [2.05, 4.69) is 107 Å². The molecule has 0 fully saturated rings. The molecule has 0 atom stereocenters. The lowest BCUT2D eigenvalue weighted by Gasteiger charge is -2.44. The van der Waals surface area contributed by atoms with Gasteiger partial charge in [-0.25, -0.2) is 11.1 Å². The molecule has 2 heterocycles. The second kappa shape index (κ2) is 18.1. The molecule has 280 valence electrons. The summed E-state index contributed by atoms with van der Waals surface area (Å²) in [6.45, 7) is 14.0. The van der Waals surface area contributed by atoms with Crippen LogP contribution in [-0.2, 0) is 5.54 Å². The van der Waals surface area contributed by atoms with Crippen LogP contribution in [0.3, 0.4) is 0 Å². The molecular formula is C42H50N10O2. The second-order valence-corrected chi connectivity index (χ2v) is 12.9. The first kappa shape index (κ1) is 39.1. The Morgan fingerprint density at radius 2 is 1.31 bits per heavy atom. The summed E-state index contributed by atoms with van der Waals surface area (Å²) in [6.07, 6.45) is 14.2. The number of fused-ring (bicyclic) bond motifs is 6. The Labute approximate surface area is 319 Å². The van der Waals surface area contributed by atoms with Crippen LogP contribution in [0.15, 0.2) is 94.7 Å². The molecule has 2 aliphatic heterocycles. The maximum Gasteiger partial charge on any atom is 0.255 e. The van der Waals surface area contributed by atoms with Gasteiger partial charge in [-0.1, -0.05) is 42.2 Å². The molecule has 1 spiro atoms. The molecule has 0 unspecified atom stereocenters. The number of amides is 1. The van der Waals surface area contributed by atoms with Crippen molar-refractivity contribution in [2.24, 2.45) is 10.2 Å². The molecular weight excluding hydrogens is 677 g/mol. The molecule has 0 aliphatic carbocycles. The van der Waals surface area contributed by atoms with Crippen LogP contribution in [0.2, 0.25) is 0 Å². The van der Waals surface area contributed by atoms with Crippen molar-refractivity contribution in [2.75, 3.05) is 75.2 Å². The lowest BCUT2D eigenvalue weighted by molar-refractivity contribution is 0.0686. The maximum atomic E-state index is 14.6. The number of carbonyl (C=O) groups excluding carboxylic acids is 1. The zero-order valence-electron chi connectivity index (χ0n) is 31.7. The number of anilines is 2. The minimum absolute atomic E-state index is 0.0634. The average molecular weight is 727 g/mol. The van der Waals surface area contributed by atoms with Gasteiger partial charge < -0.3 is 30.1 Å². The van der Waals surface area contributed by atoms with Gasteiger partial charge in [-0.05, 0) is 51.5 Å². The number of hydrogen-bond acceptors (Lipinski definition) is 11. The van der Waals surface area contributed by atoms with E-state index in [4.69, 9.17) is 28.6 Å². The van der Waals surface area contributed by atoms with Crippen molar-refractivity contribution < 1.29 is 9.53 Å². The molecule has 0 bridgehead atoms. The van der Waals surface area contributed by atoms with E-state index in [0.29, 0.717) is 61.2 Å². The summed E-state index contributed by atoms with van der Waals surface area (Å²) in [6, 6.07) is 20.3. The monoisotopic (exact) mass is 726 g/mol. The van der Waals surface area contributed by atoms with Crippen molar-refractivity contribution in [3.05, 3.63) is 107 Å². The van der Waals surface area contributed by atoms with Crippen LogP contribution in [0.1, 0.15) is 54.7 Å². The van der Waals surface area contributed by atoms with Gasteiger partial charge in [-0.15, -0.1) is 12.8 Å². The van der Waals surface area contributed by atoms with Crippen molar-refractivity contribution in [1.82, 2.24) is 20.4 Å². The zero-order chi connectivity index (χ0) is 38.7. The van der Waals surface area contributed by atoms with E-state index in [1.807, 2.05) is 34.1 Å². The molecule has 0 aromatic heterocycles. The molecule has 5 rings (SSSR count). The third-order valence-electron chi connectivity index (χ3n) is 9.96. The summed E-state index contributed by atoms with van der Waals surface area (Å²) in [4.78, 5) is 22.8. The van der Waals surface area contributed by atoms with E-state index in [-0.39, 0.29) is 12.5 Å². The standard InChI is InChI=1S/C42H50N10O2/c1-7-23-49(24-8-2)29-31(47-43)27-45-21-22-46-28-32(48-44)30-52-41(53)35-15-13-14-16-36(35)42(52)37-19-17-33(50(9-3)10-4)25-39(37)54-40-26-34(18-20-38(40)42)51(11-5)12-6/h1-2,13-20,25-28,43-46H,9-12,21-24,29-30H2,3-6H3/b31-27-,32-28-,47-43?,48-44?. The third kappa shape index (κ3) is 7.66. The van der Waals surface area contributed by atoms with Gasteiger partial charge in [0, 0.05) is 98.4 Å². The molecule has 4 N–H and O–H groups in total. The Balaban J connectivity index is 1.50. The largest absolute Gasteiger partial charge is 0.456 e. The number of terminal acetylenes is 2. The summed E-state index contributed by atoms with van der Waals surface area (Å²) in [5, 5.41) is 13.9. The van der Waals surface area contributed by atoms with Crippen LogP contribution >= 0.6 is 0 Å². The first-order valence-corrected chi connectivity index (χ1v) is 18.4. The van der Waals surface area contributed by atoms with Crippen molar-refractivity contribution in [1.29, 1.82) is 11.1 Å². The topological polar surface area (TPSA) is 136 Å². The molecule has 0 saturated carbocycles. The second-order valence-electron chi connectivity index (χ2n) is 12.9. The van der Waals surface area contributed by atoms with Gasteiger partial charge in [-0.3, -0.25) is 9.69 Å². The Kier molecular flexibility index (Phi) is 13.1. The fourth-order valence-electron chi connectivity index (χ4n) is 7.39. The molecule has 0 saturated heterocycles. The van der Waals surface area contributed by atoms with Gasteiger partial charge in [-0.2, -0.15) is 10.2 Å². The van der Waals surface area contributed by atoms with Crippen LogP contribution in [0.25, 0.3) is 0 Å². The van der Waals surface area contributed by atoms with E-state index in [1.54, 1.807) is 12.4 Å². The fourth-order valence-corrected chi connectivity index (χ4v) is 7.39. The number of ether oxygens (including phenoxy) is 1. The highest BCUT2D eigenvalue weighted by Gasteiger charge is 2.56.